The molecule has 4 heteroatoms. The van der Waals surface area contributed by atoms with E-state index in [4.69, 9.17) is 0 Å². The molecule has 0 aromatic heterocycles. The summed E-state index contributed by atoms with van der Waals surface area (Å²) in [5.74, 6) is 0.0357. The minimum Gasteiger partial charge on any atom is -0.300 e. The standard InChI is InChI=1S/C12H18N2O2/c1-12(5-2-6-12)13-9-7-10(15)14(11(9)16)8-3-4-8/h8-9,13H,2-7H2,1H3. The molecule has 1 aliphatic heterocycles. The zero-order valence-corrected chi connectivity index (χ0v) is 9.66. The van der Waals surface area contributed by atoms with Crippen LogP contribution in [-0.2, 0) is 9.59 Å². The monoisotopic (exact) mass is 222 g/mol. The molecule has 0 aromatic rings. The SMILES string of the molecule is CC1(NC2CC(=O)N(C3CC3)C2=O)CCC1. The van der Waals surface area contributed by atoms with Crippen LogP contribution < -0.4 is 5.32 Å². The Kier molecular flexibility index (Phi) is 2.11. The van der Waals surface area contributed by atoms with Crippen LogP contribution in [0.1, 0.15) is 45.4 Å². The molecule has 1 saturated heterocycles. The minimum atomic E-state index is -0.251. The van der Waals surface area contributed by atoms with Gasteiger partial charge in [0.25, 0.3) is 0 Å². The molecule has 0 spiro atoms. The molecular weight excluding hydrogens is 204 g/mol. The lowest BCUT2D eigenvalue weighted by atomic mass is 9.78. The molecule has 88 valence electrons. The first-order valence-corrected chi connectivity index (χ1v) is 6.23. The van der Waals surface area contributed by atoms with E-state index >= 15 is 0 Å². The Balaban J connectivity index is 1.68. The molecular formula is C12H18N2O2. The van der Waals surface area contributed by atoms with Crippen LogP contribution in [0.3, 0.4) is 0 Å². The number of rotatable bonds is 3. The Labute approximate surface area is 95.4 Å². The first-order chi connectivity index (χ1) is 7.59. The van der Waals surface area contributed by atoms with Crippen LogP contribution in [-0.4, -0.2) is 34.3 Å². The van der Waals surface area contributed by atoms with E-state index in [0.29, 0.717) is 6.42 Å². The van der Waals surface area contributed by atoms with Gasteiger partial charge in [-0.1, -0.05) is 0 Å². The molecule has 2 aliphatic carbocycles. The minimum absolute atomic E-state index is 0.0145. The highest BCUT2D eigenvalue weighted by molar-refractivity contribution is 6.06. The summed E-state index contributed by atoms with van der Waals surface area (Å²) in [7, 11) is 0. The maximum absolute atomic E-state index is 12.1. The summed E-state index contributed by atoms with van der Waals surface area (Å²) in [6.07, 6.45) is 5.83. The van der Waals surface area contributed by atoms with Crippen LogP contribution >= 0.6 is 0 Å². The number of nitrogens with zero attached hydrogens (tertiary/aromatic N) is 1. The van der Waals surface area contributed by atoms with Crippen molar-refractivity contribution in [2.75, 3.05) is 0 Å². The van der Waals surface area contributed by atoms with Crippen LogP contribution in [0.5, 0.6) is 0 Å². The summed E-state index contributed by atoms with van der Waals surface area (Å²) in [5, 5.41) is 3.37. The van der Waals surface area contributed by atoms with E-state index in [-0.39, 0.29) is 29.4 Å². The molecule has 1 unspecified atom stereocenters. The molecule has 16 heavy (non-hydrogen) atoms. The fourth-order valence-electron chi connectivity index (χ4n) is 2.75. The van der Waals surface area contributed by atoms with Crippen LogP contribution in [0, 0.1) is 0 Å². The zero-order valence-electron chi connectivity index (χ0n) is 9.66. The molecule has 3 rings (SSSR count). The number of carbonyl (C=O) groups is 2. The van der Waals surface area contributed by atoms with E-state index in [1.165, 1.54) is 11.3 Å². The Morgan fingerprint density at radius 3 is 2.50 bits per heavy atom. The number of likely N-dealkylation sites (tertiary alicyclic amines) is 1. The number of nitrogens with one attached hydrogen (secondary N) is 1. The predicted molar refractivity (Wildman–Crippen MR) is 58.7 cm³/mol. The van der Waals surface area contributed by atoms with Gasteiger partial charge in [0.1, 0.15) is 0 Å². The molecule has 1 heterocycles. The predicted octanol–water partition coefficient (Wildman–Crippen LogP) is 0.808. The smallest absolute Gasteiger partial charge is 0.247 e. The second kappa shape index (κ2) is 3.29. The lowest BCUT2D eigenvalue weighted by Gasteiger charge is -2.41. The average molecular weight is 222 g/mol. The third-order valence-electron chi connectivity index (χ3n) is 4.07. The van der Waals surface area contributed by atoms with Gasteiger partial charge in [0.05, 0.1) is 12.5 Å². The van der Waals surface area contributed by atoms with Gasteiger partial charge < -0.3 is 5.32 Å². The van der Waals surface area contributed by atoms with Crippen LogP contribution in [0.4, 0.5) is 0 Å². The van der Waals surface area contributed by atoms with Crippen LogP contribution in [0.15, 0.2) is 0 Å². The van der Waals surface area contributed by atoms with Crippen molar-refractivity contribution in [2.24, 2.45) is 0 Å². The van der Waals surface area contributed by atoms with Gasteiger partial charge in [-0.2, -0.15) is 0 Å². The van der Waals surface area contributed by atoms with Crippen molar-refractivity contribution in [1.29, 1.82) is 0 Å². The molecule has 2 amide bonds. The van der Waals surface area contributed by atoms with E-state index in [1.807, 2.05) is 0 Å². The Morgan fingerprint density at radius 1 is 1.31 bits per heavy atom. The van der Waals surface area contributed by atoms with E-state index in [9.17, 15) is 9.59 Å². The van der Waals surface area contributed by atoms with Crippen molar-refractivity contribution in [1.82, 2.24) is 10.2 Å². The molecule has 2 saturated carbocycles. The largest absolute Gasteiger partial charge is 0.300 e. The van der Waals surface area contributed by atoms with Crippen molar-refractivity contribution < 1.29 is 9.59 Å². The molecule has 1 N–H and O–H groups in total. The number of hydrogen-bond acceptors (Lipinski definition) is 3. The normalized spacial score (nSPS) is 33.1. The van der Waals surface area contributed by atoms with Gasteiger partial charge in [0, 0.05) is 11.6 Å². The van der Waals surface area contributed by atoms with Gasteiger partial charge in [0.2, 0.25) is 11.8 Å². The molecule has 4 nitrogen and oxygen atoms in total. The Hall–Kier alpha value is -0.900. The number of carbonyl (C=O) groups excluding carboxylic acids is 2. The molecule has 0 aromatic carbocycles. The summed E-state index contributed by atoms with van der Waals surface area (Å²) in [5.41, 5.74) is 0.0974. The highest BCUT2D eigenvalue weighted by Gasteiger charge is 2.48. The van der Waals surface area contributed by atoms with Crippen molar-refractivity contribution in [2.45, 2.75) is 63.1 Å². The van der Waals surface area contributed by atoms with E-state index in [0.717, 1.165) is 25.7 Å². The van der Waals surface area contributed by atoms with Crippen molar-refractivity contribution in [3.63, 3.8) is 0 Å². The topological polar surface area (TPSA) is 49.4 Å². The third-order valence-corrected chi connectivity index (χ3v) is 4.07. The number of imide groups is 1. The highest BCUT2D eigenvalue weighted by Crippen LogP contribution is 2.35. The summed E-state index contributed by atoms with van der Waals surface area (Å²) in [6, 6.07) is -0.0283. The lowest BCUT2D eigenvalue weighted by molar-refractivity contribution is -0.139. The van der Waals surface area contributed by atoms with Gasteiger partial charge >= 0.3 is 0 Å². The fraction of sp³-hybridized carbons (Fsp3) is 0.833. The second-order valence-electron chi connectivity index (χ2n) is 5.65. The summed E-state index contributed by atoms with van der Waals surface area (Å²) in [6.45, 7) is 2.15. The van der Waals surface area contributed by atoms with E-state index < -0.39 is 0 Å². The lowest BCUT2D eigenvalue weighted by Crippen LogP contribution is -2.55. The Morgan fingerprint density at radius 2 is 2.00 bits per heavy atom. The molecule has 3 fully saturated rings. The average Bonchev–Trinajstić information content (AvgIpc) is 2.95. The maximum atomic E-state index is 12.1. The van der Waals surface area contributed by atoms with Crippen LogP contribution in [0.25, 0.3) is 0 Å². The van der Waals surface area contributed by atoms with E-state index in [1.54, 1.807) is 0 Å². The highest BCUT2D eigenvalue weighted by atomic mass is 16.2. The molecule has 3 aliphatic rings. The first-order valence-electron chi connectivity index (χ1n) is 6.23. The molecule has 0 bridgehead atoms. The van der Waals surface area contributed by atoms with Gasteiger partial charge in [0.15, 0.2) is 0 Å². The first kappa shape index (κ1) is 10.3. The third kappa shape index (κ3) is 1.56. The number of amides is 2. The van der Waals surface area contributed by atoms with Gasteiger partial charge in [-0.3, -0.25) is 14.5 Å². The zero-order chi connectivity index (χ0) is 11.3. The second-order valence-corrected chi connectivity index (χ2v) is 5.65. The van der Waals surface area contributed by atoms with Crippen LogP contribution in [0.2, 0.25) is 0 Å². The van der Waals surface area contributed by atoms with Gasteiger partial charge in [-0.25, -0.2) is 0 Å². The summed E-state index contributed by atoms with van der Waals surface area (Å²) >= 11 is 0. The Bertz CT molecular complexity index is 345. The molecule has 0 radical (unpaired) electrons. The fourth-order valence-corrected chi connectivity index (χ4v) is 2.75. The van der Waals surface area contributed by atoms with Crippen molar-refractivity contribution in [3.05, 3.63) is 0 Å². The van der Waals surface area contributed by atoms with Crippen molar-refractivity contribution >= 4 is 11.8 Å². The van der Waals surface area contributed by atoms with Crippen molar-refractivity contribution in [3.8, 4) is 0 Å². The van der Waals surface area contributed by atoms with Gasteiger partial charge in [-0.05, 0) is 39.0 Å². The van der Waals surface area contributed by atoms with Gasteiger partial charge in [-0.15, -0.1) is 0 Å². The van der Waals surface area contributed by atoms with E-state index in [2.05, 4.69) is 12.2 Å². The molecule has 1 atom stereocenters. The summed E-state index contributed by atoms with van der Waals surface area (Å²) in [4.78, 5) is 25.3. The number of hydrogen-bond donors (Lipinski definition) is 1. The maximum Gasteiger partial charge on any atom is 0.247 e. The summed E-state index contributed by atoms with van der Waals surface area (Å²) < 4.78 is 0. The quantitative estimate of drug-likeness (QED) is 0.719.